The van der Waals surface area contributed by atoms with E-state index in [2.05, 4.69) is 6.07 Å². The van der Waals surface area contributed by atoms with Gasteiger partial charge in [-0.25, -0.2) is 4.39 Å². The molecule has 0 spiro atoms. The van der Waals surface area contributed by atoms with Crippen molar-refractivity contribution in [2.75, 3.05) is 0 Å². The van der Waals surface area contributed by atoms with Crippen LogP contribution < -0.4 is 0 Å². The molecule has 84 valence electrons. The van der Waals surface area contributed by atoms with E-state index < -0.39 is 0 Å². The van der Waals surface area contributed by atoms with Crippen LogP contribution in [0.3, 0.4) is 0 Å². The van der Waals surface area contributed by atoms with Crippen molar-refractivity contribution in [1.82, 2.24) is 0 Å². The van der Waals surface area contributed by atoms with E-state index >= 15 is 0 Å². The van der Waals surface area contributed by atoms with Crippen LogP contribution in [0.4, 0.5) is 4.39 Å². The van der Waals surface area contributed by atoms with E-state index in [1.165, 1.54) is 17.8 Å². The average molecular weight is 355 g/mol. The molecule has 0 radical (unpaired) electrons. The third-order valence-corrected chi connectivity index (χ3v) is 3.98. The minimum Gasteiger partial charge on any atom is -0.206 e. The van der Waals surface area contributed by atoms with Crippen molar-refractivity contribution in [3.63, 3.8) is 0 Å². The third kappa shape index (κ3) is 3.20. The summed E-state index contributed by atoms with van der Waals surface area (Å²) >= 11 is 3.44. The molecule has 0 aliphatic heterocycles. The van der Waals surface area contributed by atoms with Crippen LogP contribution >= 0.6 is 34.4 Å². The van der Waals surface area contributed by atoms with E-state index in [1.54, 1.807) is 18.2 Å². The van der Waals surface area contributed by atoms with Gasteiger partial charge in [-0.2, -0.15) is 5.26 Å². The molecule has 0 heterocycles. The molecule has 2 aromatic rings. The predicted molar refractivity (Wildman–Crippen MR) is 74.4 cm³/mol. The number of hydrogen-bond donors (Lipinski definition) is 0. The molecule has 0 unspecified atom stereocenters. The van der Waals surface area contributed by atoms with E-state index in [1.807, 2.05) is 40.8 Å². The molecule has 0 N–H and O–H groups in total. The zero-order valence-corrected chi connectivity index (χ0v) is 11.6. The van der Waals surface area contributed by atoms with Gasteiger partial charge in [0.05, 0.1) is 11.6 Å². The maximum Gasteiger partial charge on any atom is 0.137 e. The number of halogens is 2. The van der Waals surface area contributed by atoms with Crippen LogP contribution in [0, 0.1) is 20.7 Å². The summed E-state index contributed by atoms with van der Waals surface area (Å²) in [5.74, 6) is -0.204. The summed E-state index contributed by atoms with van der Waals surface area (Å²) in [6.07, 6.45) is 0. The van der Waals surface area contributed by atoms with Gasteiger partial charge in [0.25, 0.3) is 0 Å². The van der Waals surface area contributed by atoms with Gasteiger partial charge in [0.1, 0.15) is 5.82 Å². The van der Waals surface area contributed by atoms with Gasteiger partial charge in [-0.3, -0.25) is 0 Å². The molecular formula is C13H7FINS. The molecular weight excluding hydrogens is 348 g/mol. The quantitative estimate of drug-likeness (QED) is 0.743. The summed E-state index contributed by atoms with van der Waals surface area (Å²) in [6.45, 7) is 0. The summed E-state index contributed by atoms with van der Waals surface area (Å²) < 4.78 is 14.0. The predicted octanol–water partition coefficient (Wildman–Crippen LogP) is 4.45. The second-order valence-electron chi connectivity index (χ2n) is 3.31. The molecule has 0 saturated carbocycles. The van der Waals surface area contributed by atoms with E-state index in [4.69, 9.17) is 5.26 Å². The maximum atomic E-state index is 13.3. The number of nitriles is 1. The van der Waals surface area contributed by atoms with Gasteiger partial charge in [-0.05, 0) is 65.1 Å². The molecule has 0 aliphatic rings. The first-order valence-electron chi connectivity index (χ1n) is 4.82. The Hall–Kier alpha value is -1.06. The number of hydrogen-bond acceptors (Lipinski definition) is 2. The Balaban J connectivity index is 2.20. The number of nitrogens with zero attached hydrogens (tertiary/aromatic N) is 1. The molecule has 0 bridgehead atoms. The van der Waals surface area contributed by atoms with Gasteiger partial charge in [0.15, 0.2) is 0 Å². The first-order chi connectivity index (χ1) is 8.19. The Kier molecular flexibility index (Phi) is 4.02. The van der Waals surface area contributed by atoms with E-state index in [0.717, 1.165) is 9.79 Å². The van der Waals surface area contributed by atoms with Gasteiger partial charge < -0.3 is 0 Å². The lowest BCUT2D eigenvalue weighted by Crippen LogP contribution is -1.82. The largest absolute Gasteiger partial charge is 0.206 e. The molecule has 0 aliphatic carbocycles. The maximum absolute atomic E-state index is 13.3. The fourth-order valence-corrected chi connectivity index (χ4v) is 2.45. The lowest BCUT2D eigenvalue weighted by molar-refractivity contribution is 0.616. The Morgan fingerprint density at radius 2 is 1.71 bits per heavy atom. The first-order valence-corrected chi connectivity index (χ1v) is 6.71. The molecule has 0 amide bonds. The Morgan fingerprint density at radius 1 is 1.06 bits per heavy atom. The van der Waals surface area contributed by atoms with Crippen LogP contribution in [0.2, 0.25) is 0 Å². The summed E-state index contributed by atoms with van der Waals surface area (Å²) in [5, 5.41) is 8.68. The Morgan fingerprint density at radius 3 is 2.29 bits per heavy atom. The van der Waals surface area contributed by atoms with Gasteiger partial charge in [0.2, 0.25) is 0 Å². The van der Waals surface area contributed by atoms with Crippen LogP contribution in [0.15, 0.2) is 52.3 Å². The first kappa shape index (κ1) is 12.4. The minimum atomic E-state index is -0.204. The van der Waals surface area contributed by atoms with E-state index in [9.17, 15) is 4.39 Å². The normalized spacial score (nSPS) is 9.94. The van der Waals surface area contributed by atoms with E-state index in [0.29, 0.717) is 9.13 Å². The lowest BCUT2D eigenvalue weighted by atomic mass is 10.2. The second kappa shape index (κ2) is 5.52. The highest BCUT2D eigenvalue weighted by molar-refractivity contribution is 14.1. The van der Waals surface area contributed by atoms with Crippen molar-refractivity contribution in [2.24, 2.45) is 0 Å². The van der Waals surface area contributed by atoms with Crippen molar-refractivity contribution in [3.05, 3.63) is 57.4 Å². The molecule has 0 atom stereocenters. The van der Waals surface area contributed by atoms with E-state index in [-0.39, 0.29) is 5.82 Å². The molecule has 17 heavy (non-hydrogen) atoms. The van der Waals surface area contributed by atoms with Crippen LogP contribution in [0.5, 0.6) is 0 Å². The summed E-state index contributed by atoms with van der Waals surface area (Å²) in [4.78, 5) is 1.84. The minimum absolute atomic E-state index is 0.204. The van der Waals surface area contributed by atoms with Gasteiger partial charge in [-0.1, -0.05) is 11.8 Å². The third-order valence-electron chi connectivity index (χ3n) is 2.11. The smallest absolute Gasteiger partial charge is 0.137 e. The van der Waals surface area contributed by atoms with Crippen molar-refractivity contribution in [3.8, 4) is 6.07 Å². The standard InChI is InChI=1S/C13H7FINS/c14-12-7-11(5-6-13(12)15)17-10-3-1-9(8-16)2-4-10/h1-7H. The second-order valence-corrected chi connectivity index (χ2v) is 5.62. The fraction of sp³-hybridized carbons (Fsp3) is 0. The average Bonchev–Trinajstić information content (AvgIpc) is 2.35. The zero-order chi connectivity index (χ0) is 12.3. The molecule has 0 saturated heterocycles. The van der Waals surface area contributed by atoms with Crippen molar-refractivity contribution >= 4 is 34.4 Å². The van der Waals surface area contributed by atoms with Gasteiger partial charge >= 0.3 is 0 Å². The molecule has 2 rings (SSSR count). The topological polar surface area (TPSA) is 23.8 Å². The van der Waals surface area contributed by atoms with Crippen LogP contribution in [0.1, 0.15) is 5.56 Å². The Labute approximate surface area is 117 Å². The Bertz CT molecular complexity index is 575. The molecule has 0 fully saturated rings. The van der Waals surface area contributed by atoms with Gasteiger partial charge in [-0.15, -0.1) is 0 Å². The van der Waals surface area contributed by atoms with Crippen molar-refractivity contribution in [2.45, 2.75) is 9.79 Å². The molecule has 1 nitrogen and oxygen atoms in total. The molecule has 4 heteroatoms. The van der Waals surface area contributed by atoms with Crippen LogP contribution in [-0.2, 0) is 0 Å². The molecule has 0 aromatic heterocycles. The highest BCUT2D eigenvalue weighted by atomic mass is 127. The molecule has 2 aromatic carbocycles. The highest BCUT2D eigenvalue weighted by Crippen LogP contribution is 2.29. The summed E-state index contributed by atoms with van der Waals surface area (Å²) in [5.41, 5.74) is 0.628. The summed E-state index contributed by atoms with van der Waals surface area (Å²) in [6, 6.07) is 14.4. The summed E-state index contributed by atoms with van der Waals surface area (Å²) in [7, 11) is 0. The van der Waals surface area contributed by atoms with Crippen molar-refractivity contribution < 1.29 is 4.39 Å². The number of benzene rings is 2. The zero-order valence-electron chi connectivity index (χ0n) is 8.65. The van der Waals surface area contributed by atoms with Crippen LogP contribution in [0.25, 0.3) is 0 Å². The van der Waals surface area contributed by atoms with Crippen LogP contribution in [-0.4, -0.2) is 0 Å². The van der Waals surface area contributed by atoms with Gasteiger partial charge in [0, 0.05) is 13.4 Å². The monoisotopic (exact) mass is 355 g/mol. The van der Waals surface area contributed by atoms with Crippen molar-refractivity contribution in [1.29, 1.82) is 5.26 Å². The highest BCUT2D eigenvalue weighted by Gasteiger charge is 2.02. The number of rotatable bonds is 2. The fourth-order valence-electron chi connectivity index (χ4n) is 1.27. The SMILES string of the molecule is N#Cc1ccc(Sc2ccc(I)c(F)c2)cc1. The lowest BCUT2D eigenvalue weighted by Gasteiger charge is -2.02.